The summed E-state index contributed by atoms with van der Waals surface area (Å²) in [6.45, 7) is 3.26. The Labute approximate surface area is 109 Å². The molecule has 18 heavy (non-hydrogen) atoms. The summed E-state index contributed by atoms with van der Waals surface area (Å²) in [6.07, 6.45) is 4.11. The largest absolute Gasteiger partial charge is 0.394 e. The fraction of sp³-hybridized carbons (Fsp3) is 0.600. The first-order valence-corrected chi connectivity index (χ1v) is 6.89. The van der Waals surface area contributed by atoms with Crippen molar-refractivity contribution in [2.75, 3.05) is 37.8 Å². The van der Waals surface area contributed by atoms with Crippen LogP contribution in [0.3, 0.4) is 0 Å². The minimum Gasteiger partial charge on any atom is -0.394 e. The molecular weight excluding hydrogens is 226 g/mol. The third-order valence-electron chi connectivity index (χ3n) is 3.57. The molecule has 3 heteroatoms. The number of aliphatic hydroxyl groups excluding tert-OH is 1. The van der Waals surface area contributed by atoms with Gasteiger partial charge >= 0.3 is 0 Å². The summed E-state index contributed by atoms with van der Waals surface area (Å²) < 4.78 is 5.38. The van der Waals surface area contributed by atoms with Gasteiger partial charge in [-0.15, -0.1) is 0 Å². The van der Waals surface area contributed by atoms with E-state index in [1.807, 2.05) is 6.07 Å². The zero-order valence-corrected chi connectivity index (χ0v) is 10.9. The van der Waals surface area contributed by atoms with Crippen LogP contribution >= 0.6 is 0 Å². The molecule has 0 aromatic heterocycles. The lowest BCUT2D eigenvalue weighted by Crippen LogP contribution is -2.35. The van der Waals surface area contributed by atoms with Crippen molar-refractivity contribution in [3.8, 4) is 0 Å². The third kappa shape index (κ3) is 4.00. The van der Waals surface area contributed by atoms with E-state index in [9.17, 15) is 0 Å². The van der Waals surface area contributed by atoms with Crippen LogP contribution in [0.25, 0.3) is 0 Å². The minimum absolute atomic E-state index is 0.105. The highest BCUT2D eigenvalue weighted by Crippen LogP contribution is 2.28. The second-order valence-corrected chi connectivity index (χ2v) is 4.91. The van der Waals surface area contributed by atoms with Gasteiger partial charge in [0.2, 0.25) is 0 Å². The van der Waals surface area contributed by atoms with E-state index in [1.165, 1.54) is 24.9 Å². The lowest BCUT2D eigenvalue weighted by atomic mass is 9.85. The van der Waals surface area contributed by atoms with Crippen molar-refractivity contribution in [2.45, 2.75) is 19.3 Å². The smallest absolute Gasteiger partial charge is 0.0698 e. The quantitative estimate of drug-likeness (QED) is 0.718. The molecule has 0 heterocycles. The van der Waals surface area contributed by atoms with Gasteiger partial charge in [0.15, 0.2) is 0 Å². The van der Waals surface area contributed by atoms with Crippen LogP contribution < -0.4 is 4.90 Å². The topological polar surface area (TPSA) is 32.7 Å². The summed E-state index contributed by atoms with van der Waals surface area (Å²) in [5.41, 5.74) is 1.27. The molecule has 1 aliphatic carbocycles. The SMILES string of the molecule is OCCOCCN(CC1CCC1)c1ccccc1. The van der Waals surface area contributed by atoms with Gasteiger partial charge in [-0.05, 0) is 30.9 Å². The number of ether oxygens (including phenoxy) is 1. The van der Waals surface area contributed by atoms with Crippen LogP contribution in [0, 0.1) is 5.92 Å². The van der Waals surface area contributed by atoms with Crippen molar-refractivity contribution in [1.82, 2.24) is 0 Å². The maximum Gasteiger partial charge on any atom is 0.0698 e. The van der Waals surface area contributed by atoms with Crippen LogP contribution in [0.4, 0.5) is 5.69 Å². The Kier molecular flexibility index (Phi) is 5.49. The minimum atomic E-state index is 0.105. The van der Waals surface area contributed by atoms with Gasteiger partial charge in [-0.3, -0.25) is 0 Å². The number of rotatable bonds is 8. The van der Waals surface area contributed by atoms with E-state index in [-0.39, 0.29) is 6.61 Å². The molecule has 1 aliphatic rings. The van der Waals surface area contributed by atoms with E-state index in [4.69, 9.17) is 9.84 Å². The Morgan fingerprint density at radius 1 is 1.17 bits per heavy atom. The van der Waals surface area contributed by atoms with Crippen molar-refractivity contribution in [3.63, 3.8) is 0 Å². The van der Waals surface area contributed by atoms with Crippen molar-refractivity contribution in [3.05, 3.63) is 30.3 Å². The van der Waals surface area contributed by atoms with Crippen LogP contribution in [0.2, 0.25) is 0 Å². The van der Waals surface area contributed by atoms with Gasteiger partial charge < -0.3 is 14.7 Å². The van der Waals surface area contributed by atoms with Gasteiger partial charge in [0.1, 0.15) is 0 Å². The van der Waals surface area contributed by atoms with E-state index in [0.29, 0.717) is 13.2 Å². The van der Waals surface area contributed by atoms with Crippen molar-refractivity contribution < 1.29 is 9.84 Å². The number of anilines is 1. The first-order chi connectivity index (χ1) is 8.90. The van der Waals surface area contributed by atoms with E-state index >= 15 is 0 Å². The average Bonchev–Trinajstić information content (AvgIpc) is 2.37. The first kappa shape index (κ1) is 13.4. The molecular formula is C15H23NO2. The fourth-order valence-corrected chi connectivity index (χ4v) is 2.29. The van der Waals surface area contributed by atoms with Gasteiger partial charge in [-0.2, -0.15) is 0 Å². The van der Waals surface area contributed by atoms with Gasteiger partial charge in [0.05, 0.1) is 19.8 Å². The molecule has 1 saturated carbocycles. The fourth-order valence-electron chi connectivity index (χ4n) is 2.29. The number of hydrogen-bond acceptors (Lipinski definition) is 3. The summed E-state index contributed by atoms with van der Waals surface area (Å²) in [5, 5.41) is 8.70. The van der Waals surface area contributed by atoms with E-state index in [1.54, 1.807) is 0 Å². The Morgan fingerprint density at radius 2 is 1.94 bits per heavy atom. The lowest BCUT2D eigenvalue weighted by Gasteiger charge is -2.33. The predicted octanol–water partition coefficient (Wildman–Crippen LogP) is 2.30. The number of para-hydroxylation sites is 1. The molecule has 100 valence electrons. The Hall–Kier alpha value is -1.06. The van der Waals surface area contributed by atoms with Crippen LogP contribution in [0.1, 0.15) is 19.3 Å². The normalized spacial score (nSPS) is 15.4. The summed E-state index contributed by atoms with van der Waals surface area (Å²) in [5.74, 6) is 0.850. The molecule has 1 aromatic rings. The maximum atomic E-state index is 8.70. The molecule has 1 N–H and O–H groups in total. The first-order valence-electron chi connectivity index (χ1n) is 6.89. The number of benzene rings is 1. The highest BCUT2D eigenvalue weighted by atomic mass is 16.5. The molecule has 0 unspecified atom stereocenters. The van der Waals surface area contributed by atoms with Gasteiger partial charge in [-0.25, -0.2) is 0 Å². The van der Waals surface area contributed by atoms with Crippen molar-refractivity contribution >= 4 is 5.69 Å². The summed E-state index contributed by atoms with van der Waals surface area (Å²) in [7, 11) is 0. The molecule has 0 saturated heterocycles. The molecule has 0 bridgehead atoms. The molecule has 1 fully saturated rings. The van der Waals surface area contributed by atoms with Crippen LogP contribution in [0.5, 0.6) is 0 Å². The lowest BCUT2D eigenvalue weighted by molar-refractivity contribution is 0.0959. The molecule has 0 aliphatic heterocycles. The zero-order chi connectivity index (χ0) is 12.6. The monoisotopic (exact) mass is 249 g/mol. The summed E-state index contributed by atoms with van der Waals surface area (Å²) in [4.78, 5) is 2.40. The second-order valence-electron chi connectivity index (χ2n) is 4.91. The van der Waals surface area contributed by atoms with E-state index < -0.39 is 0 Å². The standard InChI is InChI=1S/C15H23NO2/c17-10-12-18-11-9-16(13-14-5-4-6-14)15-7-2-1-3-8-15/h1-3,7-8,14,17H,4-6,9-13H2. The summed E-state index contributed by atoms with van der Waals surface area (Å²) >= 11 is 0. The van der Waals surface area contributed by atoms with Gasteiger partial charge in [0, 0.05) is 18.8 Å². The van der Waals surface area contributed by atoms with Crippen molar-refractivity contribution in [1.29, 1.82) is 0 Å². The van der Waals surface area contributed by atoms with E-state index in [0.717, 1.165) is 19.0 Å². The highest BCUT2D eigenvalue weighted by molar-refractivity contribution is 5.46. The van der Waals surface area contributed by atoms with Crippen molar-refractivity contribution in [2.24, 2.45) is 5.92 Å². The highest BCUT2D eigenvalue weighted by Gasteiger charge is 2.20. The summed E-state index contributed by atoms with van der Waals surface area (Å²) in [6, 6.07) is 10.5. The molecule has 0 spiro atoms. The Morgan fingerprint density at radius 3 is 2.56 bits per heavy atom. The second kappa shape index (κ2) is 7.39. The molecule has 0 amide bonds. The molecule has 3 nitrogen and oxygen atoms in total. The van der Waals surface area contributed by atoms with Crippen LogP contribution in [-0.4, -0.2) is 38.0 Å². The Bertz CT molecular complexity index is 325. The van der Waals surface area contributed by atoms with Crippen LogP contribution in [-0.2, 0) is 4.74 Å². The van der Waals surface area contributed by atoms with Crippen LogP contribution in [0.15, 0.2) is 30.3 Å². The molecule has 0 radical (unpaired) electrons. The number of nitrogens with zero attached hydrogens (tertiary/aromatic N) is 1. The average molecular weight is 249 g/mol. The zero-order valence-electron chi connectivity index (χ0n) is 10.9. The molecule has 2 rings (SSSR count). The molecule has 1 aromatic carbocycles. The van der Waals surface area contributed by atoms with Gasteiger partial charge in [0.25, 0.3) is 0 Å². The number of hydrogen-bond donors (Lipinski definition) is 1. The van der Waals surface area contributed by atoms with Gasteiger partial charge in [-0.1, -0.05) is 24.6 Å². The maximum absolute atomic E-state index is 8.70. The molecule has 0 atom stereocenters. The predicted molar refractivity (Wildman–Crippen MR) is 73.9 cm³/mol. The Balaban J connectivity index is 1.85. The third-order valence-corrected chi connectivity index (χ3v) is 3.57. The number of aliphatic hydroxyl groups is 1. The van der Waals surface area contributed by atoms with E-state index in [2.05, 4.69) is 29.2 Å².